The second-order valence-corrected chi connectivity index (χ2v) is 8.21. The molecule has 0 aromatic heterocycles. The van der Waals surface area contributed by atoms with Crippen LogP contribution in [0.4, 0.5) is 0 Å². The summed E-state index contributed by atoms with van der Waals surface area (Å²) < 4.78 is 0. The predicted molar refractivity (Wildman–Crippen MR) is 111 cm³/mol. The Labute approximate surface area is 176 Å². The number of benzene rings is 2. The third kappa shape index (κ3) is 4.55. The minimum atomic E-state index is -0.977. The quantitative estimate of drug-likeness (QED) is 0.475. The Morgan fingerprint density at radius 1 is 0.700 bits per heavy atom. The van der Waals surface area contributed by atoms with Crippen LogP contribution in [-0.4, -0.2) is 23.1 Å². The molecule has 160 valence electrons. The minimum absolute atomic E-state index is 0.436. The van der Waals surface area contributed by atoms with Gasteiger partial charge in [0, 0.05) is 0 Å². The highest BCUT2D eigenvalue weighted by Gasteiger charge is 2.53. The molecular weight excluding hydrogens is 384 g/mol. The van der Waals surface area contributed by atoms with Gasteiger partial charge in [0.1, 0.15) is 11.2 Å². The van der Waals surface area contributed by atoms with Crippen LogP contribution < -0.4 is 0 Å². The van der Waals surface area contributed by atoms with Gasteiger partial charge in [-0.15, -0.1) is 0 Å². The van der Waals surface area contributed by atoms with E-state index in [9.17, 15) is 9.59 Å². The van der Waals surface area contributed by atoms with Crippen molar-refractivity contribution in [2.45, 2.75) is 64.6 Å². The van der Waals surface area contributed by atoms with E-state index in [2.05, 4.69) is 0 Å². The van der Waals surface area contributed by atoms with E-state index in [1.165, 1.54) is 0 Å². The Balaban J connectivity index is 1.69. The lowest BCUT2D eigenvalue weighted by Crippen LogP contribution is -2.56. The first-order valence-corrected chi connectivity index (χ1v) is 10.2. The van der Waals surface area contributed by atoms with Crippen molar-refractivity contribution in [3.05, 3.63) is 70.8 Å². The van der Waals surface area contributed by atoms with Crippen LogP contribution in [-0.2, 0) is 19.6 Å². The number of carbonyl (C=O) groups excluding carboxylic acids is 2. The summed E-state index contributed by atoms with van der Waals surface area (Å²) in [6.07, 6.45) is 2.94. The molecule has 2 aromatic rings. The van der Waals surface area contributed by atoms with Crippen LogP contribution in [0.5, 0.6) is 0 Å². The maximum atomic E-state index is 12.5. The summed E-state index contributed by atoms with van der Waals surface area (Å²) in [6, 6.07) is 14.3. The van der Waals surface area contributed by atoms with Gasteiger partial charge in [0.05, 0.1) is 11.1 Å². The lowest BCUT2D eigenvalue weighted by atomic mass is 9.74. The normalized spacial score (nSPS) is 23.6. The second kappa shape index (κ2) is 8.98. The first-order chi connectivity index (χ1) is 14.3. The van der Waals surface area contributed by atoms with Crippen molar-refractivity contribution in [1.82, 2.24) is 0 Å². The molecule has 2 unspecified atom stereocenters. The number of aryl methyl sites for hydroxylation is 2. The molecule has 2 aromatic carbocycles. The average molecular weight is 412 g/mol. The minimum Gasteiger partial charge on any atom is -0.292 e. The first kappa shape index (κ1) is 22.0. The molecule has 0 spiro atoms. The molecule has 1 aliphatic rings. The lowest BCUT2D eigenvalue weighted by Gasteiger charge is -2.45. The standard InChI is InChI=1S/C24H28O6/c1-17-11-5-7-13-19(17)21(25)27-29-23(3)15-9-10-16-24(23,4)30-28-22(26)20-14-8-6-12-18(20)2/h5-8,11-14H,9-10,15-16H2,1-4H3. The zero-order valence-corrected chi connectivity index (χ0v) is 17.9. The summed E-state index contributed by atoms with van der Waals surface area (Å²) in [5.74, 6) is -1.14. The number of hydrogen-bond donors (Lipinski definition) is 0. The maximum absolute atomic E-state index is 12.5. The highest BCUT2D eigenvalue weighted by Crippen LogP contribution is 2.43. The number of carbonyl (C=O) groups is 2. The van der Waals surface area contributed by atoms with Gasteiger partial charge in [0.2, 0.25) is 0 Å². The van der Waals surface area contributed by atoms with Gasteiger partial charge in [0.15, 0.2) is 0 Å². The Morgan fingerprint density at radius 2 is 1.07 bits per heavy atom. The molecule has 3 rings (SSSR count). The van der Waals surface area contributed by atoms with Crippen LogP contribution >= 0.6 is 0 Å². The van der Waals surface area contributed by atoms with Crippen molar-refractivity contribution in [2.24, 2.45) is 0 Å². The van der Waals surface area contributed by atoms with E-state index >= 15 is 0 Å². The van der Waals surface area contributed by atoms with E-state index in [1.807, 2.05) is 38.1 Å². The Morgan fingerprint density at radius 3 is 1.43 bits per heavy atom. The SMILES string of the molecule is Cc1ccccc1C(=O)OOC1(C)CCCCC1(C)OOC(=O)c1ccccc1C. The van der Waals surface area contributed by atoms with Gasteiger partial charge in [-0.1, -0.05) is 49.2 Å². The van der Waals surface area contributed by atoms with Crippen molar-refractivity contribution < 1.29 is 29.1 Å². The molecule has 6 nitrogen and oxygen atoms in total. The van der Waals surface area contributed by atoms with Crippen molar-refractivity contribution in [3.63, 3.8) is 0 Å². The topological polar surface area (TPSA) is 71.1 Å². The fraction of sp³-hybridized carbons (Fsp3) is 0.417. The highest BCUT2D eigenvalue weighted by atomic mass is 17.2. The van der Waals surface area contributed by atoms with Crippen molar-refractivity contribution in [1.29, 1.82) is 0 Å². The smallest absolute Gasteiger partial charge is 0.292 e. The number of hydrogen-bond acceptors (Lipinski definition) is 6. The Hall–Kier alpha value is -2.70. The zero-order chi connectivity index (χ0) is 21.8. The van der Waals surface area contributed by atoms with Crippen LogP contribution in [0.2, 0.25) is 0 Å². The fourth-order valence-electron chi connectivity index (χ4n) is 3.67. The van der Waals surface area contributed by atoms with E-state index in [0.29, 0.717) is 24.0 Å². The molecule has 1 saturated carbocycles. The van der Waals surface area contributed by atoms with E-state index in [-0.39, 0.29) is 0 Å². The largest absolute Gasteiger partial charge is 0.373 e. The molecule has 0 heterocycles. The van der Waals surface area contributed by atoms with Gasteiger partial charge in [-0.25, -0.2) is 9.59 Å². The molecule has 1 aliphatic carbocycles. The molecule has 30 heavy (non-hydrogen) atoms. The lowest BCUT2D eigenvalue weighted by molar-refractivity contribution is -0.418. The van der Waals surface area contributed by atoms with Crippen LogP contribution in [0.1, 0.15) is 71.4 Å². The van der Waals surface area contributed by atoms with Gasteiger partial charge in [-0.05, 0) is 63.8 Å². The second-order valence-electron chi connectivity index (χ2n) is 8.21. The van der Waals surface area contributed by atoms with E-state index < -0.39 is 23.1 Å². The molecule has 0 bridgehead atoms. The summed E-state index contributed by atoms with van der Waals surface area (Å²) in [5.41, 5.74) is 0.513. The van der Waals surface area contributed by atoms with Gasteiger partial charge in [-0.3, -0.25) is 9.78 Å². The van der Waals surface area contributed by atoms with Gasteiger partial charge in [-0.2, -0.15) is 9.78 Å². The van der Waals surface area contributed by atoms with E-state index in [1.54, 1.807) is 38.1 Å². The molecule has 0 radical (unpaired) electrons. The average Bonchev–Trinajstić information content (AvgIpc) is 2.73. The molecular formula is C24H28O6. The van der Waals surface area contributed by atoms with Crippen LogP contribution in [0.15, 0.2) is 48.5 Å². The summed E-state index contributed by atoms with van der Waals surface area (Å²) in [6.45, 7) is 7.27. The monoisotopic (exact) mass is 412 g/mol. The third-order valence-corrected chi connectivity index (χ3v) is 6.01. The van der Waals surface area contributed by atoms with Gasteiger partial charge >= 0.3 is 11.9 Å². The highest BCUT2D eigenvalue weighted by molar-refractivity contribution is 5.91. The molecule has 0 aliphatic heterocycles. The first-order valence-electron chi connectivity index (χ1n) is 10.2. The fourth-order valence-corrected chi connectivity index (χ4v) is 3.67. The molecule has 0 N–H and O–H groups in total. The van der Waals surface area contributed by atoms with E-state index in [0.717, 1.165) is 24.0 Å². The van der Waals surface area contributed by atoms with Crippen LogP contribution in [0, 0.1) is 13.8 Å². The van der Waals surface area contributed by atoms with Crippen molar-refractivity contribution in [3.8, 4) is 0 Å². The zero-order valence-electron chi connectivity index (χ0n) is 17.9. The molecule has 0 saturated heterocycles. The van der Waals surface area contributed by atoms with Gasteiger partial charge < -0.3 is 0 Å². The molecule has 6 heteroatoms. The summed E-state index contributed by atoms with van der Waals surface area (Å²) in [7, 11) is 0. The summed E-state index contributed by atoms with van der Waals surface area (Å²) >= 11 is 0. The molecule has 1 fully saturated rings. The van der Waals surface area contributed by atoms with Crippen LogP contribution in [0.3, 0.4) is 0 Å². The Kier molecular flexibility index (Phi) is 6.58. The summed E-state index contributed by atoms with van der Waals surface area (Å²) in [4.78, 5) is 46.7. The molecule has 2 atom stereocenters. The predicted octanol–water partition coefficient (Wildman–Crippen LogP) is 5.27. The number of rotatable bonds is 6. The third-order valence-electron chi connectivity index (χ3n) is 6.01. The molecule has 0 amide bonds. The van der Waals surface area contributed by atoms with Crippen LogP contribution in [0.25, 0.3) is 0 Å². The van der Waals surface area contributed by atoms with Gasteiger partial charge in [0.25, 0.3) is 0 Å². The van der Waals surface area contributed by atoms with Crippen molar-refractivity contribution in [2.75, 3.05) is 0 Å². The maximum Gasteiger partial charge on any atom is 0.373 e. The summed E-state index contributed by atoms with van der Waals surface area (Å²) in [5, 5.41) is 0. The van der Waals surface area contributed by atoms with E-state index in [4.69, 9.17) is 19.6 Å². The Bertz CT molecular complexity index is 848. The van der Waals surface area contributed by atoms with Crippen molar-refractivity contribution >= 4 is 11.9 Å².